The van der Waals surface area contributed by atoms with Crippen LogP contribution in [0.3, 0.4) is 0 Å². The number of rotatable bonds is 4. The quantitative estimate of drug-likeness (QED) is 0.364. The highest BCUT2D eigenvalue weighted by molar-refractivity contribution is 6.30. The van der Waals surface area contributed by atoms with Gasteiger partial charge in [0.25, 0.3) is 6.47 Å². The average molecular weight is 441 g/mol. The molecule has 3 atom stereocenters. The highest BCUT2D eigenvalue weighted by atomic mass is 35.5. The van der Waals surface area contributed by atoms with Gasteiger partial charge in [0.1, 0.15) is 5.15 Å². The molecule has 158 valence electrons. The SMILES string of the molecule is C[C@@H]1CC[C@H]([C@@H](OC=O)C(F)(F)F)N1c1ccc2nc(Cl)cc(C(F)(F)F)c2c1. The summed E-state index contributed by atoms with van der Waals surface area (Å²) in [6, 6.07) is 2.80. The first-order valence-electron chi connectivity index (χ1n) is 8.55. The van der Waals surface area contributed by atoms with Gasteiger partial charge in [0, 0.05) is 17.1 Å². The van der Waals surface area contributed by atoms with Crippen molar-refractivity contribution in [2.45, 2.75) is 50.3 Å². The van der Waals surface area contributed by atoms with Gasteiger partial charge in [-0.15, -0.1) is 0 Å². The van der Waals surface area contributed by atoms with Crippen molar-refractivity contribution in [1.29, 1.82) is 0 Å². The molecule has 0 unspecified atom stereocenters. The molecule has 1 saturated heterocycles. The fourth-order valence-electron chi connectivity index (χ4n) is 3.78. The van der Waals surface area contributed by atoms with Crippen molar-refractivity contribution in [1.82, 2.24) is 4.98 Å². The summed E-state index contributed by atoms with van der Waals surface area (Å²) in [5.41, 5.74) is -0.923. The monoisotopic (exact) mass is 440 g/mol. The second-order valence-corrected chi connectivity index (χ2v) is 7.17. The molecular formula is C18H15ClF6N2O2. The van der Waals surface area contributed by atoms with Gasteiger partial charge < -0.3 is 9.64 Å². The van der Waals surface area contributed by atoms with Gasteiger partial charge in [0.2, 0.25) is 6.10 Å². The number of fused-ring (bicyclic) bond motifs is 1. The van der Waals surface area contributed by atoms with Crippen LogP contribution in [0.5, 0.6) is 0 Å². The second kappa shape index (κ2) is 7.55. The van der Waals surface area contributed by atoms with Crippen LogP contribution < -0.4 is 4.90 Å². The summed E-state index contributed by atoms with van der Waals surface area (Å²) in [4.78, 5) is 15.8. The first kappa shape index (κ1) is 21.5. The lowest BCUT2D eigenvalue weighted by molar-refractivity contribution is -0.219. The molecule has 0 amide bonds. The van der Waals surface area contributed by atoms with E-state index in [9.17, 15) is 31.1 Å². The molecule has 0 aliphatic carbocycles. The Labute approximate surface area is 166 Å². The number of aromatic nitrogens is 1. The van der Waals surface area contributed by atoms with Gasteiger partial charge in [-0.3, -0.25) is 4.79 Å². The summed E-state index contributed by atoms with van der Waals surface area (Å²) < 4.78 is 84.9. The van der Waals surface area contributed by atoms with Crippen molar-refractivity contribution in [2.75, 3.05) is 4.90 Å². The van der Waals surface area contributed by atoms with Crippen LogP contribution in [0, 0.1) is 0 Å². The van der Waals surface area contributed by atoms with E-state index >= 15 is 0 Å². The molecule has 1 aromatic carbocycles. The smallest absolute Gasteiger partial charge is 0.427 e. The molecule has 29 heavy (non-hydrogen) atoms. The predicted molar refractivity (Wildman–Crippen MR) is 93.7 cm³/mol. The summed E-state index contributed by atoms with van der Waals surface area (Å²) in [6.07, 6.45) is -11.5. The minimum Gasteiger partial charge on any atom is -0.453 e. The lowest BCUT2D eigenvalue weighted by Gasteiger charge is -2.35. The molecule has 2 aromatic rings. The van der Waals surface area contributed by atoms with Gasteiger partial charge >= 0.3 is 12.4 Å². The van der Waals surface area contributed by atoms with Gasteiger partial charge in [-0.05, 0) is 44.0 Å². The van der Waals surface area contributed by atoms with E-state index in [-0.39, 0.29) is 34.6 Å². The third kappa shape index (κ3) is 4.22. The summed E-state index contributed by atoms with van der Waals surface area (Å²) in [5, 5.41) is -0.626. The summed E-state index contributed by atoms with van der Waals surface area (Å²) in [7, 11) is 0. The minimum absolute atomic E-state index is 0.0338. The Hall–Kier alpha value is -2.23. The van der Waals surface area contributed by atoms with Crippen LogP contribution in [0.1, 0.15) is 25.3 Å². The number of alkyl halides is 6. The maximum atomic E-state index is 13.4. The average Bonchev–Trinajstić information content (AvgIpc) is 2.97. The number of benzene rings is 1. The minimum atomic E-state index is -4.82. The zero-order valence-electron chi connectivity index (χ0n) is 14.9. The Morgan fingerprint density at radius 2 is 1.90 bits per heavy atom. The Kier molecular flexibility index (Phi) is 5.59. The number of nitrogens with zero attached hydrogens (tertiary/aromatic N) is 2. The standard InChI is InChI=1S/C18H15ClF6N2O2/c1-9-2-5-14(16(29-8-28)18(23,24)25)27(9)10-3-4-13-11(6-10)12(17(20,21)22)7-15(19)26-13/h3-4,6-9,14,16H,2,5H2,1H3/t9-,14-,16-/m1/s1. The van der Waals surface area contributed by atoms with Crippen molar-refractivity contribution < 1.29 is 35.9 Å². The van der Waals surface area contributed by atoms with Crippen LogP contribution >= 0.6 is 11.6 Å². The molecule has 1 aliphatic heterocycles. The van der Waals surface area contributed by atoms with Gasteiger partial charge in [0.15, 0.2) is 0 Å². The molecule has 1 fully saturated rings. The van der Waals surface area contributed by atoms with Crippen molar-refractivity contribution in [3.63, 3.8) is 0 Å². The normalized spacial score (nSPS) is 21.4. The zero-order valence-corrected chi connectivity index (χ0v) is 15.6. The molecule has 1 aliphatic rings. The number of hydrogen-bond donors (Lipinski definition) is 0. The van der Waals surface area contributed by atoms with E-state index in [2.05, 4.69) is 9.72 Å². The molecule has 0 radical (unpaired) electrons. The van der Waals surface area contributed by atoms with Gasteiger partial charge in [-0.25, -0.2) is 4.98 Å². The third-order valence-corrected chi connectivity index (χ3v) is 5.14. The fraction of sp³-hybridized carbons (Fsp3) is 0.444. The molecule has 1 aromatic heterocycles. The molecule has 2 heterocycles. The Bertz CT molecular complexity index is 918. The number of carbonyl (C=O) groups is 1. The van der Waals surface area contributed by atoms with Crippen LogP contribution in [0.15, 0.2) is 24.3 Å². The topological polar surface area (TPSA) is 42.4 Å². The second-order valence-electron chi connectivity index (χ2n) is 6.79. The number of halogens is 7. The van der Waals surface area contributed by atoms with Gasteiger partial charge in [-0.2, -0.15) is 26.3 Å². The number of ether oxygens (including phenoxy) is 1. The van der Waals surface area contributed by atoms with Crippen molar-refractivity contribution in [2.24, 2.45) is 0 Å². The number of carbonyl (C=O) groups excluding carboxylic acids is 1. The van der Waals surface area contributed by atoms with Crippen LogP contribution in [0.25, 0.3) is 10.9 Å². The third-order valence-electron chi connectivity index (χ3n) is 4.95. The highest BCUT2D eigenvalue weighted by Crippen LogP contribution is 2.41. The molecule has 0 N–H and O–H groups in total. The Balaban J connectivity index is 2.12. The Morgan fingerprint density at radius 1 is 1.21 bits per heavy atom. The number of hydrogen-bond acceptors (Lipinski definition) is 4. The van der Waals surface area contributed by atoms with Crippen molar-refractivity contribution in [3.8, 4) is 0 Å². The molecular weight excluding hydrogens is 426 g/mol. The van der Waals surface area contributed by atoms with Crippen LogP contribution in [0.2, 0.25) is 5.15 Å². The summed E-state index contributed by atoms with van der Waals surface area (Å²) >= 11 is 5.67. The van der Waals surface area contributed by atoms with E-state index in [1.54, 1.807) is 6.92 Å². The van der Waals surface area contributed by atoms with Crippen LogP contribution in [0.4, 0.5) is 32.0 Å². The molecule has 3 rings (SSSR count). The van der Waals surface area contributed by atoms with Crippen molar-refractivity contribution in [3.05, 3.63) is 35.0 Å². The lowest BCUT2D eigenvalue weighted by Crippen LogP contribution is -2.50. The van der Waals surface area contributed by atoms with E-state index in [1.165, 1.54) is 17.0 Å². The molecule has 0 saturated carbocycles. The molecule has 11 heteroatoms. The largest absolute Gasteiger partial charge is 0.453 e. The molecule has 0 spiro atoms. The van der Waals surface area contributed by atoms with Crippen LogP contribution in [-0.4, -0.2) is 35.8 Å². The first-order valence-corrected chi connectivity index (χ1v) is 8.93. The Morgan fingerprint density at radius 3 is 2.48 bits per heavy atom. The predicted octanol–water partition coefficient (Wildman–Crippen LogP) is 5.37. The van der Waals surface area contributed by atoms with E-state index in [1.807, 2.05) is 0 Å². The molecule has 0 bridgehead atoms. The zero-order chi connectivity index (χ0) is 21.6. The fourth-order valence-corrected chi connectivity index (χ4v) is 3.98. The highest BCUT2D eigenvalue weighted by Gasteiger charge is 2.51. The molecule has 4 nitrogen and oxygen atoms in total. The van der Waals surface area contributed by atoms with Gasteiger partial charge in [0.05, 0.1) is 17.1 Å². The number of anilines is 1. The van der Waals surface area contributed by atoms with E-state index in [0.717, 1.165) is 6.07 Å². The summed E-state index contributed by atoms with van der Waals surface area (Å²) in [6.45, 7) is 1.39. The van der Waals surface area contributed by atoms with E-state index in [4.69, 9.17) is 11.6 Å². The van der Waals surface area contributed by atoms with Crippen LogP contribution in [-0.2, 0) is 15.7 Å². The van der Waals surface area contributed by atoms with E-state index < -0.39 is 36.1 Å². The summed E-state index contributed by atoms with van der Waals surface area (Å²) in [5.74, 6) is 0. The lowest BCUT2D eigenvalue weighted by atomic mass is 10.0. The van der Waals surface area contributed by atoms with E-state index in [0.29, 0.717) is 12.5 Å². The van der Waals surface area contributed by atoms with Crippen molar-refractivity contribution >= 4 is 34.7 Å². The first-order chi connectivity index (χ1) is 13.4. The maximum absolute atomic E-state index is 13.4. The maximum Gasteiger partial charge on any atom is 0.427 e. The number of pyridine rings is 1. The van der Waals surface area contributed by atoms with Gasteiger partial charge in [-0.1, -0.05) is 11.6 Å².